The maximum absolute atomic E-state index is 6.16. The third kappa shape index (κ3) is 1.23. The van der Waals surface area contributed by atoms with Gasteiger partial charge in [0.2, 0.25) is 0 Å². The van der Waals surface area contributed by atoms with Crippen LogP contribution in [0.3, 0.4) is 0 Å². The fourth-order valence-electron chi connectivity index (χ4n) is 1.74. The predicted molar refractivity (Wildman–Crippen MR) is 61.7 cm³/mol. The Labute approximate surface area is 91.6 Å². The lowest BCUT2D eigenvalue weighted by atomic mass is 10.1. The van der Waals surface area contributed by atoms with E-state index in [-0.39, 0.29) is 0 Å². The first kappa shape index (κ1) is 8.54. The summed E-state index contributed by atoms with van der Waals surface area (Å²) < 4.78 is 0. The van der Waals surface area contributed by atoms with E-state index in [1.807, 2.05) is 30.5 Å². The zero-order chi connectivity index (χ0) is 10.3. The maximum atomic E-state index is 6.16. The standard InChI is InChI=1S/C12H7ClN2/c13-10-7-15-12-9(5-6-14-12)11(10)8-3-1-2-4-8/h1-3,5-7H,(H,14,15). The Hall–Kier alpha value is -1.76. The number of pyridine rings is 1. The Balaban J connectivity index is 2.41. The van der Waals surface area contributed by atoms with Crippen LogP contribution in [0.2, 0.25) is 5.02 Å². The monoisotopic (exact) mass is 214 g/mol. The van der Waals surface area contributed by atoms with Crippen molar-refractivity contribution in [3.8, 4) is 0 Å². The molecule has 1 aliphatic carbocycles. The molecule has 0 amide bonds. The van der Waals surface area contributed by atoms with E-state index in [2.05, 4.69) is 15.7 Å². The van der Waals surface area contributed by atoms with E-state index in [0.717, 1.165) is 22.2 Å². The molecular formula is C12H7ClN2. The molecule has 0 atom stereocenters. The maximum Gasteiger partial charge on any atom is 0.137 e. The second kappa shape index (κ2) is 3.13. The van der Waals surface area contributed by atoms with Crippen LogP contribution in [0.25, 0.3) is 16.6 Å². The molecule has 0 aromatic carbocycles. The normalized spacial score (nSPS) is 13.8. The van der Waals surface area contributed by atoms with Crippen molar-refractivity contribution in [1.82, 2.24) is 9.97 Å². The first-order valence-electron chi connectivity index (χ1n) is 4.61. The van der Waals surface area contributed by atoms with Crippen molar-refractivity contribution in [2.75, 3.05) is 0 Å². The van der Waals surface area contributed by atoms with Crippen molar-refractivity contribution >= 4 is 28.2 Å². The van der Waals surface area contributed by atoms with Crippen molar-refractivity contribution in [3.63, 3.8) is 0 Å². The minimum atomic E-state index is 0.657. The predicted octanol–water partition coefficient (Wildman–Crippen LogP) is 3.32. The summed E-state index contributed by atoms with van der Waals surface area (Å²) in [6.45, 7) is 0. The molecule has 0 bridgehead atoms. The van der Waals surface area contributed by atoms with Crippen LogP contribution in [-0.4, -0.2) is 9.97 Å². The lowest BCUT2D eigenvalue weighted by molar-refractivity contribution is 1.32. The number of nitrogens with zero attached hydrogens (tertiary/aromatic N) is 1. The van der Waals surface area contributed by atoms with Gasteiger partial charge in [0.15, 0.2) is 0 Å². The van der Waals surface area contributed by atoms with E-state index in [9.17, 15) is 0 Å². The van der Waals surface area contributed by atoms with Crippen molar-refractivity contribution in [3.05, 3.63) is 53.0 Å². The van der Waals surface area contributed by atoms with Gasteiger partial charge in [-0.25, -0.2) is 4.98 Å². The second-order valence-corrected chi connectivity index (χ2v) is 3.71. The molecule has 15 heavy (non-hydrogen) atoms. The van der Waals surface area contributed by atoms with E-state index in [1.165, 1.54) is 0 Å². The Bertz CT molecular complexity index is 628. The number of H-pyrrole nitrogens is 1. The number of halogens is 1. The molecule has 3 heteroatoms. The Morgan fingerprint density at radius 3 is 3.13 bits per heavy atom. The number of aromatic amines is 1. The molecule has 2 aromatic heterocycles. The van der Waals surface area contributed by atoms with E-state index >= 15 is 0 Å². The van der Waals surface area contributed by atoms with E-state index in [0.29, 0.717) is 5.02 Å². The van der Waals surface area contributed by atoms with Gasteiger partial charge in [0.25, 0.3) is 0 Å². The van der Waals surface area contributed by atoms with Crippen LogP contribution >= 0.6 is 11.6 Å². The summed E-state index contributed by atoms with van der Waals surface area (Å²) >= 11 is 6.16. The molecule has 1 N–H and O–H groups in total. The van der Waals surface area contributed by atoms with Gasteiger partial charge in [0, 0.05) is 28.9 Å². The van der Waals surface area contributed by atoms with Gasteiger partial charge in [0.1, 0.15) is 5.65 Å². The first-order chi connectivity index (χ1) is 7.36. The van der Waals surface area contributed by atoms with Gasteiger partial charge in [-0.05, 0) is 18.2 Å². The van der Waals surface area contributed by atoms with Crippen LogP contribution in [-0.2, 0) is 0 Å². The topological polar surface area (TPSA) is 28.7 Å². The van der Waals surface area contributed by atoms with Crippen molar-refractivity contribution in [2.45, 2.75) is 0 Å². The number of rotatable bonds is 1. The molecule has 3 rings (SSSR count). The molecule has 0 fully saturated rings. The molecule has 72 valence electrons. The molecule has 2 heterocycles. The molecule has 2 nitrogen and oxygen atoms in total. The number of nitrogens with one attached hydrogen (secondary N) is 1. The Kier molecular flexibility index (Phi) is 1.78. The summed E-state index contributed by atoms with van der Waals surface area (Å²) in [5.74, 6) is 0. The van der Waals surface area contributed by atoms with Crippen molar-refractivity contribution in [1.29, 1.82) is 0 Å². The number of hydrogen-bond donors (Lipinski definition) is 1. The van der Waals surface area contributed by atoms with Crippen molar-refractivity contribution < 1.29 is 0 Å². The van der Waals surface area contributed by atoms with Crippen LogP contribution in [0.1, 0.15) is 5.56 Å². The quantitative estimate of drug-likeness (QED) is 0.725. The highest BCUT2D eigenvalue weighted by molar-refractivity contribution is 6.33. The molecule has 0 saturated carbocycles. The molecule has 0 unspecified atom stereocenters. The number of aromatic nitrogens is 2. The minimum absolute atomic E-state index is 0.657. The van der Waals surface area contributed by atoms with Crippen LogP contribution in [0.15, 0.2) is 42.4 Å². The average molecular weight is 215 g/mol. The van der Waals surface area contributed by atoms with Gasteiger partial charge >= 0.3 is 0 Å². The van der Waals surface area contributed by atoms with E-state index < -0.39 is 0 Å². The highest BCUT2D eigenvalue weighted by Crippen LogP contribution is 2.31. The number of fused-ring (bicyclic) bond motifs is 1. The summed E-state index contributed by atoms with van der Waals surface area (Å²) in [6.07, 6.45) is 9.35. The average Bonchev–Trinajstić information content (AvgIpc) is 2.85. The molecule has 0 radical (unpaired) electrons. The van der Waals surface area contributed by atoms with Crippen LogP contribution < -0.4 is 0 Å². The van der Waals surface area contributed by atoms with Gasteiger partial charge in [-0.15, -0.1) is 5.73 Å². The number of allylic oxidation sites excluding steroid dienone is 3. The highest BCUT2D eigenvalue weighted by atomic mass is 35.5. The third-order valence-electron chi connectivity index (χ3n) is 2.41. The highest BCUT2D eigenvalue weighted by Gasteiger charge is 2.11. The van der Waals surface area contributed by atoms with Gasteiger partial charge in [-0.3, -0.25) is 0 Å². The third-order valence-corrected chi connectivity index (χ3v) is 2.69. The largest absolute Gasteiger partial charge is 0.346 e. The van der Waals surface area contributed by atoms with Crippen LogP contribution in [0.5, 0.6) is 0 Å². The minimum Gasteiger partial charge on any atom is -0.346 e. The lowest BCUT2D eigenvalue weighted by Crippen LogP contribution is -1.86. The fraction of sp³-hybridized carbons (Fsp3) is 0. The van der Waals surface area contributed by atoms with Crippen molar-refractivity contribution in [2.24, 2.45) is 0 Å². The summed E-state index contributed by atoms with van der Waals surface area (Å²) in [7, 11) is 0. The zero-order valence-electron chi connectivity index (χ0n) is 7.79. The second-order valence-electron chi connectivity index (χ2n) is 3.30. The van der Waals surface area contributed by atoms with Gasteiger partial charge in [0.05, 0.1) is 5.02 Å². The zero-order valence-corrected chi connectivity index (χ0v) is 8.55. The first-order valence-corrected chi connectivity index (χ1v) is 4.99. The summed E-state index contributed by atoms with van der Waals surface area (Å²) in [6, 6.07) is 1.98. The molecular weight excluding hydrogens is 208 g/mol. The van der Waals surface area contributed by atoms with Crippen LogP contribution in [0.4, 0.5) is 0 Å². The van der Waals surface area contributed by atoms with E-state index in [4.69, 9.17) is 11.6 Å². The van der Waals surface area contributed by atoms with Crippen LogP contribution in [0, 0.1) is 0 Å². The molecule has 0 spiro atoms. The van der Waals surface area contributed by atoms with Gasteiger partial charge < -0.3 is 4.98 Å². The summed E-state index contributed by atoms with van der Waals surface area (Å²) in [4.78, 5) is 7.28. The van der Waals surface area contributed by atoms with Gasteiger partial charge in [-0.2, -0.15) is 0 Å². The molecule has 2 aromatic rings. The SMILES string of the molecule is Clc1cnc2[nH]ccc2c1C1=C=CC=C1. The fourth-order valence-corrected chi connectivity index (χ4v) is 2.00. The summed E-state index contributed by atoms with van der Waals surface area (Å²) in [5.41, 5.74) is 6.00. The smallest absolute Gasteiger partial charge is 0.137 e. The Morgan fingerprint density at radius 1 is 1.40 bits per heavy atom. The lowest BCUT2D eigenvalue weighted by Gasteiger charge is -2.03. The molecule has 0 aliphatic heterocycles. The molecule has 1 aliphatic rings. The summed E-state index contributed by atoms with van der Waals surface area (Å²) in [5, 5.41) is 1.69. The Morgan fingerprint density at radius 2 is 2.33 bits per heavy atom. The van der Waals surface area contributed by atoms with E-state index in [1.54, 1.807) is 6.20 Å². The number of hydrogen-bond acceptors (Lipinski definition) is 1. The van der Waals surface area contributed by atoms with Gasteiger partial charge in [-0.1, -0.05) is 17.7 Å². The molecule has 0 saturated heterocycles.